The lowest BCUT2D eigenvalue weighted by molar-refractivity contribution is -0.143. The van der Waals surface area contributed by atoms with Gasteiger partial charge in [0.1, 0.15) is 23.3 Å². The van der Waals surface area contributed by atoms with Gasteiger partial charge in [0.05, 0.1) is 18.8 Å². The van der Waals surface area contributed by atoms with E-state index in [0.29, 0.717) is 5.56 Å². The smallest absolute Gasteiger partial charge is 0.341 e. The summed E-state index contributed by atoms with van der Waals surface area (Å²) >= 11 is 0. The van der Waals surface area contributed by atoms with Gasteiger partial charge in [-0.25, -0.2) is 9.59 Å². The van der Waals surface area contributed by atoms with Crippen molar-refractivity contribution >= 4 is 17.8 Å². The summed E-state index contributed by atoms with van der Waals surface area (Å²) < 4.78 is 20.9. The van der Waals surface area contributed by atoms with E-state index >= 15 is 0 Å². The van der Waals surface area contributed by atoms with Crippen LogP contribution in [0.1, 0.15) is 19.4 Å². The van der Waals surface area contributed by atoms with Crippen molar-refractivity contribution in [2.24, 2.45) is 5.73 Å². The predicted molar refractivity (Wildman–Crippen MR) is 100 cm³/mol. The van der Waals surface area contributed by atoms with E-state index in [1.165, 1.54) is 7.11 Å². The van der Waals surface area contributed by atoms with Gasteiger partial charge >= 0.3 is 11.9 Å². The summed E-state index contributed by atoms with van der Waals surface area (Å²) in [5.41, 5.74) is 4.46. The van der Waals surface area contributed by atoms with Crippen molar-refractivity contribution < 1.29 is 33.3 Å². The topological polar surface area (TPSA) is 126 Å². The van der Waals surface area contributed by atoms with E-state index in [1.807, 2.05) is 0 Å². The Kier molecular flexibility index (Phi) is 5.60. The van der Waals surface area contributed by atoms with Crippen molar-refractivity contribution in [3.8, 4) is 5.75 Å². The maximum atomic E-state index is 13.3. The number of ether oxygens (including phenoxy) is 4. The van der Waals surface area contributed by atoms with Crippen molar-refractivity contribution in [1.29, 1.82) is 0 Å². The van der Waals surface area contributed by atoms with Crippen molar-refractivity contribution in [3.63, 3.8) is 0 Å². The fourth-order valence-corrected chi connectivity index (χ4v) is 3.62. The summed E-state index contributed by atoms with van der Waals surface area (Å²) in [5, 5.41) is 2.64. The molecule has 0 aromatic heterocycles. The number of benzene rings is 1. The molecule has 3 N–H and O–H groups in total. The lowest BCUT2D eigenvalue weighted by atomic mass is 9.67. The first kappa shape index (κ1) is 20.4. The number of nitrogens with one attached hydrogen (secondary N) is 1. The minimum absolute atomic E-state index is 0.0253. The number of amides is 1. The molecule has 154 valence electrons. The average Bonchev–Trinajstić information content (AvgIpc) is 2.92. The van der Waals surface area contributed by atoms with Gasteiger partial charge in [0.25, 0.3) is 0 Å². The summed E-state index contributed by atoms with van der Waals surface area (Å²) in [6, 6.07) is 6.56. The third-order valence-corrected chi connectivity index (χ3v) is 4.73. The van der Waals surface area contributed by atoms with E-state index < -0.39 is 23.3 Å². The number of rotatable bonds is 6. The molecule has 1 unspecified atom stereocenters. The fourth-order valence-electron chi connectivity index (χ4n) is 3.62. The quantitative estimate of drug-likeness (QED) is 0.525. The van der Waals surface area contributed by atoms with Crippen molar-refractivity contribution in [2.75, 3.05) is 26.9 Å². The molecule has 1 spiro atoms. The molecule has 1 atom stereocenters. The van der Waals surface area contributed by atoms with Crippen LogP contribution < -0.4 is 15.8 Å². The van der Waals surface area contributed by atoms with Crippen molar-refractivity contribution in [1.82, 2.24) is 5.32 Å². The summed E-state index contributed by atoms with van der Waals surface area (Å²) in [6.45, 7) is 3.37. The Morgan fingerprint density at radius 2 is 1.83 bits per heavy atom. The van der Waals surface area contributed by atoms with Gasteiger partial charge in [-0.1, -0.05) is 18.2 Å². The number of allylic oxidation sites excluding steroid dienone is 1. The van der Waals surface area contributed by atoms with Gasteiger partial charge in [0.2, 0.25) is 11.8 Å². The third-order valence-electron chi connectivity index (χ3n) is 4.73. The highest BCUT2D eigenvalue weighted by Crippen LogP contribution is 2.51. The first-order valence-corrected chi connectivity index (χ1v) is 9.03. The Morgan fingerprint density at radius 3 is 2.52 bits per heavy atom. The molecule has 2 aliphatic rings. The van der Waals surface area contributed by atoms with Crippen LogP contribution in [0.4, 0.5) is 0 Å². The van der Waals surface area contributed by atoms with Gasteiger partial charge in [-0.2, -0.15) is 0 Å². The minimum Gasteiger partial charge on any atom is -0.462 e. The Balaban J connectivity index is 2.26. The van der Waals surface area contributed by atoms with Crippen LogP contribution in [0.2, 0.25) is 0 Å². The Labute approximate surface area is 167 Å². The first-order chi connectivity index (χ1) is 13.9. The third kappa shape index (κ3) is 3.13. The molecule has 0 saturated heterocycles. The molecule has 0 radical (unpaired) electrons. The highest BCUT2D eigenvalue weighted by Gasteiger charge is 2.61. The highest BCUT2D eigenvalue weighted by molar-refractivity contribution is 6.17. The summed E-state index contributed by atoms with van der Waals surface area (Å²) in [6.07, 6.45) is 0. The molecule has 0 aliphatic carbocycles. The number of para-hydroxylation sites is 1. The van der Waals surface area contributed by atoms with Crippen molar-refractivity contribution in [2.45, 2.75) is 19.3 Å². The molecule has 0 bridgehead atoms. The highest BCUT2D eigenvalue weighted by atomic mass is 16.6. The van der Waals surface area contributed by atoms with Crippen LogP contribution in [0.15, 0.2) is 47.0 Å². The van der Waals surface area contributed by atoms with Gasteiger partial charge in [0.15, 0.2) is 0 Å². The Hall–Kier alpha value is -3.33. The first-order valence-electron chi connectivity index (χ1n) is 9.03. The maximum Gasteiger partial charge on any atom is 0.341 e. The number of methoxy groups -OCH3 is 1. The molecule has 0 fully saturated rings. The fraction of sp³-hybridized carbons (Fsp3) is 0.350. The number of carbonyl (C=O) groups is 3. The largest absolute Gasteiger partial charge is 0.462 e. The Morgan fingerprint density at radius 1 is 1.14 bits per heavy atom. The van der Waals surface area contributed by atoms with Crippen LogP contribution in [0.25, 0.3) is 0 Å². The molecule has 1 aromatic rings. The van der Waals surface area contributed by atoms with Gasteiger partial charge < -0.3 is 30.0 Å². The van der Waals surface area contributed by atoms with Crippen LogP contribution in [-0.4, -0.2) is 44.8 Å². The summed E-state index contributed by atoms with van der Waals surface area (Å²) in [7, 11) is 1.47. The molecule has 2 aliphatic heterocycles. The summed E-state index contributed by atoms with van der Waals surface area (Å²) in [4.78, 5) is 39.1. The lowest BCUT2D eigenvalue weighted by Crippen LogP contribution is -2.49. The number of hydrogen-bond donors (Lipinski definition) is 2. The normalized spacial score (nSPS) is 20.3. The van der Waals surface area contributed by atoms with Crippen LogP contribution in [0.5, 0.6) is 5.75 Å². The lowest BCUT2D eigenvalue weighted by Gasteiger charge is -2.35. The molecule has 1 amide bonds. The standard InChI is InChI=1S/C20H22N2O7/c1-4-27-18(24)15-16(21)29-13-8-6-5-7-12(13)20(15)14(11(2)22-19(20)25)17(23)28-10-9-26-3/h5-8H,4,9-10,21H2,1-3H3,(H,22,25). The zero-order chi connectivity index (χ0) is 21.2. The maximum absolute atomic E-state index is 13.3. The minimum atomic E-state index is -1.85. The predicted octanol–water partition coefficient (Wildman–Crippen LogP) is 0.644. The van der Waals surface area contributed by atoms with Crippen LogP contribution in [-0.2, 0) is 34.0 Å². The molecule has 1 aromatic carbocycles. The van der Waals surface area contributed by atoms with E-state index in [1.54, 1.807) is 38.1 Å². The van der Waals surface area contributed by atoms with E-state index in [0.717, 1.165) is 0 Å². The van der Waals surface area contributed by atoms with Crippen LogP contribution >= 0.6 is 0 Å². The van der Waals surface area contributed by atoms with Crippen molar-refractivity contribution in [3.05, 3.63) is 52.6 Å². The number of nitrogens with two attached hydrogens (primary N) is 1. The molecular weight excluding hydrogens is 380 g/mol. The monoisotopic (exact) mass is 402 g/mol. The Bertz CT molecular complexity index is 935. The van der Waals surface area contributed by atoms with Gasteiger partial charge in [-0.15, -0.1) is 0 Å². The molecule has 29 heavy (non-hydrogen) atoms. The molecular formula is C20H22N2O7. The molecule has 2 heterocycles. The van der Waals surface area contributed by atoms with Crippen LogP contribution in [0, 0.1) is 0 Å². The molecule has 9 heteroatoms. The molecule has 3 rings (SSSR count). The number of hydrogen-bond acceptors (Lipinski definition) is 8. The SMILES string of the molecule is CCOC(=O)C1=C(N)Oc2ccccc2C12C(=O)NC(C)=C2C(=O)OCCOC. The van der Waals surface area contributed by atoms with Gasteiger partial charge in [0, 0.05) is 18.4 Å². The number of carbonyl (C=O) groups excluding carboxylic acids is 3. The zero-order valence-electron chi connectivity index (χ0n) is 16.4. The number of fused-ring (bicyclic) bond motifs is 2. The number of esters is 2. The van der Waals surface area contributed by atoms with E-state index in [2.05, 4.69) is 5.32 Å². The molecule has 9 nitrogen and oxygen atoms in total. The zero-order valence-corrected chi connectivity index (χ0v) is 16.4. The average molecular weight is 402 g/mol. The second-order valence-electron chi connectivity index (χ2n) is 6.39. The second kappa shape index (κ2) is 7.96. The summed E-state index contributed by atoms with van der Waals surface area (Å²) in [5.74, 6) is -2.30. The van der Waals surface area contributed by atoms with Crippen LogP contribution in [0.3, 0.4) is 0 Å². The van der Waals surface area contributed by atoms with E-state index in [4.69, 9.17) is 24.7 Å². The second-order valence-corrected chi connectivity index (χ2v) is 6.39. The van der Waals surface area contributed by atoms with Gasteiger partial charge in [-0.3, -0.25) is 4.79 Å². The van der Waals surface area contributed by atoms with Gasteiger partial charge in [-0.05, 0) is 19.9 Å². The van der Waals surface area contributed by atoms with E-state index in [9.17, 15) is 14.4 Å². The van der Waals surface area contributed by atoms with E-state index in [-0.39, 0.29) is 48.3 Å². The molecule has 0 saturated carbocycles.